The predicted molar refractivity (Wildman–Crippen MR) is 63.6 cm³/mol. The number of imide groups is 1. The second-order valence-electron chi connectivity index (χ2n) is 3.89. The molecule has 1 aliphatic heterocycles. The third-order valence-corrected chi connectivity index (χ3v) is 2.52. The van der Waals surface area contributed by atoms with Gasteiger partial charge in [0, 0.05) is 0 Å². The van der Waals surface area contributed by atoms with E-state index in [0.717, 1.165) is 0 Å². The summed E-state index contributed by atoms with van der Waals surface area (Å²) in [4.78, 5) is 39.0. The lowest BCUT2D eigenvalue weighted by Crippen LogP contribution is -2.31. The van der Waals surface area contributed by atoms with Gasteiger partial charge in [-0.05, 0) is 12.1 Å². The molecule has 0 aromatic heterocycles. The molecule has 0 unspecified atom stereocenters. The zero-order valence-corrected chi connectivity index (χ0v) is 10.4. The molecule has 1 aromatic carbocycles. The van der Waals surface area contributed by atoms with E-state index in [-0.39, 0.29) is 37.4 Å². The van der Waals surface area contributed by atoms with E-state index in [2.05, 4.69) is 12.1 Å². The summed E-state index contributed by atoms with van der Waals surface area (Å²) in [6.07, 6.45) is -0.113. The van der Waals surface area contributed by atoms with Crippen molar-refractivity contribution in [3.63, 3.8) is 0 Å². The van der Waals surface area contributed by atoms with E-state index < -0.39 is 17.8 Å². The SMILES string of the molecule is O=C(O)CCOCCON1C(=O)c2c#cccc2C1=O. The number of fused-ring (bicyclic) bond motifs is 1. The number of carboxylic acid groups (broad SMARTS) is 1. The molecule has 7 nitrogen and oxygen atoms in total. The van der Waals surface area contributed by atoms with E-state index in [1.165, 1.54) is 12.1 Å². The van der Waals surface area contributed by atoms with Crippen LogP contribution in [0.15, 0.2) is 12.1 Å². The van der Waals surface area contributed by atoms with E-state index in [1.54, 1.807) is 0 Å². The van der Waals surface area contributed by atoms with E-state index >= 15 is 0 Å². The highest BCUT2D eigenvalue weighted by molar-refractivity contribution is 6.20. The Morgan fingerprint density at radius 2 is 2.05 bits per heavy atom. The van der Waals surface area contributed by atoms with Crippen LogP contribution in [0.2, 0.25) is 0 Å². The van der Waals surface area contributed by atoms with Gasteiger partial charge >= 0.3 is 5.97 Å². The summed E-state index contributed by atoms with van der Waals surface area (Å²) in [5.41, 5.74) is 0.352. The number of amides is 2. The molecule has 104 valence electrons. The van der Waals surface area contributed by atoms with Gasteiger partial charge in [0.1, 0.15) is 5.56 Å². The predicted octanol–water partition coefficient (Wildman–Crippen LogP) is 0.306. The van der Waals surface area contributed by atoms with Gasteiger partial charge < -0.3 is 9.84 Å². The molecule has 2 rings (SSSR count). The second-order valence-corrected chi connectivity index (χ2v) is 3.89. The van der Waals surface area contributed by atoms with Crippen molar-refractivity contribution in [3.8, 4) is 0 Å². The summed E-state index contributed by atoms with van der Waals surface area (Å²) in [6.45, 7) is 0.0921. The lowest BCUT2D eigenvalue weighted by molar-refractivity contribution is -0.138. The van der Waals surface area contributed by atoms with Crippen LogP contribution in [0.3, 0.4) is 0 Å². The first-order valence-corrected chi connectivity index (χ1v) is 5.85. The Bertz CT molecular complexity index is 506. The van der Waals surface area contributed by atoms with Gasteiger partial charge in [0.05, 0.1) is 31.8 Å². The van der Waals surface area contributed by atoms with Crippen LogP contribution in [-0.4, -0.2) is 47.8 Å². The monoisotopic (exact) mass is 277 g/mol. The van der Waals surface area contributed by atoms with Crippen molar-refractivity contribution in [2.24, 2.45) is 0 Å². The minimum atomic E-state index is -0.960. The van der Waals surface area contributed by atoms with Gasteiger partial charge in [-0.15, -0.1) is 5.06 Å². The molecule has 0 spiro atoms. The Labute approximate surface area is 114 Å². The fraction of sp³-hybridized carbons (Fsp3) is 0.308. The first kappa shape index (κ1) is 14.0. The third kappa shape index (κ3) is 2.93. The van der Waals surface area contributed by atoms with Crippen molar-refractivity contribution in [3.05, 3.63) is 35.4 Å². The summed E-state index contributed by atoms with van der Waals surface area (Å²) in [7, 11) is 0. The van der Waals surface area contributed by atoms with Gasteiger partial charge in [-0.25, -0.2) is 0 Å². The molecule has 1 heterocycles. The molecule has 0 fully saturated rings. The van der Waals surface area contributed by atoms with Gasteiger partial charge in [-0.1, -0.05) is 12.1 Å². The first-order chi connectivity index (χ1) is 9.61. The van der Waals surface area contributed by atoms with Crippen LogP contribution >= 0.6 is 0 Å². The summed E-state index contributed by atoms with van der Waals surface area (Å²) in [5.74, 6) is -2.11. The fourth-order valence-electron chi connectivity index (χ4n) is 1.61. The second kappa shape index (κ2) is 6.14. The Morgan fingerprint density at radius 3 is 2.75 bits per heavy atom. The molecular formula is C13H11NO6. The molecule has 2 amide bonds. The number of aliphatic carboxylic acids is 1. The van der Waals surface area contributed by atoms with Gasteiger partial charge in [0.15, 0.2) is 0 Å². The Hall–Kier alpha value is -2.43. The quantitative estimate of drug-likeness (QED) is 0.569. The lowest BCUT2D eigenvalue weighted by atomic mass is 10.2. The van der Waals surface area contributed by atoms with E-state index in [1.807, 2.05) is 0 Å². The summed E-state index contributed by atoms with van der Waals surface area (Å²) in [5, 5.41) is 9.05. The van der Waals surface area contributed by atoms with Crippen LogP contribution in [0.5, 0.6) is 0 Å². The number of nitrogens with zero attached hydrogens (tertiary/aromatic N) is 1. The van der Waals surface area contributed by atoms with Gasteiger partial charge in [0.25, 0.3) is 11.8 Å². The lowest BCUT2D eigenvalue weighted by Gasteiger charge is -2.12. The van der Waals surface area contributed by atoms with E-state index in [0.29, 0.717) is 5.06 Å². The maximum atomic E-state index is 11.8. The molecule has 0 bridgehead atoms. The standard InChI is InChI=1S/C13H11NO6/c15-11(16)5-6-19-7-8-20-14-12(17)9-3-1-2-4-10(9)13(14)18/h1,3H,5-8H2,(H,15,16). The molecule has 0 saturated carbocycles. The molecule has 1 N–H and O–H groups in total. The van der Waals surface area contributed by atoms with Crippen molar-refractivity contribution >= 4 is 17.8 Å². The van der Waals surface area contributed by atoms with Gasteiger partial charge in [-0.2, -0.15) is 0 Å². The van der Waals surface area contributed by atoms with Crippen LogP contribution in [-0.2, 0) is 14.4 Å². The highest BCUT2D eigenvalue weighted by Crippen LogP contribution is 2.20. The molecule has 0 radical (unpaired) electrons. The number of hydroxylamine groups is 2. The molecule has 0 saturated heterocycles. The third-order valence-electron chi connectivity index (χ3n) is 2.52. The van der Waals surface area contributed by atoms with Crippen LogP contribution in [0.1, 0.15) is 27.1 Å². The molecule has 20 heavy (non-hydrogen) atoms. The highest BCUT2D eigenvalue weighted by Gasteiger charge is 2.36. The normalized spacial score (nSPS) is 13.3. The molecule has 0 aliphatic carbocycles. The number of rotatable bonds is 7. The molecular weight excluding hydrogens is 266 g/mol. The average Bonchev–Trinajstić information content (AvgIpc) is 2.67. The van der Waals surface area contributed by atoms with Crippen LogP contribution in [0.25, 0.3) is 0 Å². The van der Waals surface area contributed by atoms with E-state index in [4.69, 9.17) is 14.7 Å². The largest absolute Gasteiger partial charge is 0.481 e. The highest BCUT2D eigenvalue weighted by atomic mass is 16.7. The number of hydrogen-bond acceptors (Lipinski definition) is 5. The van der Waals surface area contributed by atoms with Crippen molar-refractivity contribution < 1.29 is 29.1 Å². The van der Waals surface area contributed by atoms with Crippen LogP contribution in [0.4, 0.5) is 0 Å². The molecule has 0 atom stereocenters. The van der Waals surface area contributed by atoms with Crippen LogP contribution in [0, 0.1) is 12.1 Å². The molecule has 1 aromatic rings. The zero-order valence-electron chi connectivity index (χ0n) is 10.4. The summed E-state index contributed by atoms with van der Waals surface area (Å²) in [6, 6.07) is 8.13. The fourth-order valence-corrected chi connectivity index (χ4v) is 1.61. The topological polar surface area (TPSA) is 93.1 Å². The van der Waals surface area contributed by atoms with Crippen molar-refractivity contribution in [2.75, 3.05) is 19.8 Å². The Kier molecular flexibility index (Phi) is 4.30. The minimum Gasteiger partial charge on any atom is -0.481 e. The number of carboxylic acids is 1. The maximum absolute atomic E-state index is 11.8. The van der Waals surface area contributed by atoms with Crippen molar-refractivity contribution in [1.82, 2.24) is 5.06 Å². The summed E-state index contributed by atoms with van der Waals surface area (Å²) < 4.78 is 4.98. The first-order valence-electron chi connectivity index (χ1n) is 5.85. The number of hydrogen-bond donors (Lipinski definition) is 1. The van der Waals surface area contributed by atoms with Crippen molar-refractivity contribution in [1.29, 1.82) is 0 Å². The van der Waals surface area contributed by atoms with Gasteiger partial charge in [0.2, 0.25) is 0 Å². The van der Waals surface area contributed by atoms with E-state index in [9.17, 15) is 14.4 Å². The smallest absolute Gasteiger partial charge is 0.305 e. The number of carbonyl (C=O) groups excluding carboxylic acids is 2. The average molecular weight is 277 g/mol. The minimum absolute atomic E-state index is 0.0329. The van der Waals surface area contributed by atoms with Crippen molar-refractivity contribution in [2.45, 2.75) is 6.42 Å². The summed E-state index contributed by atoms with van der Waals surface area (Å²) >= 11 is 0. The molecule has 1 aliphatic rings. The number of carbonyl (C=O) groups is 3. The van der Waals surface area contributed by atoms with Crippen LogP contribution < -0.4 is 0 Å². The van der Waals surface area contributed by atoms with Gasteiger partial charge in [-0.3, -0.25) is 19.2 Å². The Balaban J connectivity index is 1.79. The molecule has 7 heteroatoms. The number of ether oxygens (including phenoxy) is 1. The zero-order chi connectivity index (χ0) is 14.5. The Morgan fingerprint density at radius 1 is 1.25 bits per heavy atom. The maximum Gasteiger partial charge on any atom is 0.305 e.